The van der Waals surface area contributed by atoms with Gasteiger partial charge in [0.15, 0.2) is 0 Å². The van der Waals surface area contributed by atoms with Crippen molar-refractivity contribution in [2.24, 2.45) is 0 Å². The molecule has 0 aromatic heterocycles. The second kappa shape index (κ2) is 6.32. The molecule has 2 aromatic carbocycles. The normalized spacial score (nSPS) is 24.1. The number of aliphatic hydroxyl groups excluding tert-OH is 1. The van der Waals surface area contributed by atoms with E-state index < -0.39 is 40.4 Å². The van der Waals surface area contributed by atoms with Gasteiger partial charge in [-0.05, 0) is 29.8 Å². The Morgan fingerprint density at radius 2 is 1.75 bits per heavy atom. The van der Waals surface area contributed by atoms with Crippen molar-refractivity contribution in [2.75, 3.05) is 6.61 Å². The van der Waals surface area contributed by atoms with E-state index in [9.17, 15) is 23.2 Å². The maximum absolute atomic E-state index is 13.0. The second-order valence-corrected chi connectivity index (χ2v) is 7.39. The van der Waals surface area contributed by atoms with Gasteiger partial charge in [0, 0.05) is 5.92 Å². The molecule has 0 amide bonds. The Morgan fingerprint density at radius 3 is 2.29 bits per heavy atom. The zero-order chi connectivity index (χ0) is 17.3. The van der Waals surface area contributed by atoms with E-state index in [0.717, 1.165) is 34.1 Å². The van der Waals surface area contributed by atoms with Gasteiger partial charge in [-0.3, -0.25) is 0 Å². The lowest BCUT2D eigenvalue weighted by molar-refractivity contribution is 0.0557. The Labute approximate surface area is 139 Å². The molecule has 5 nitrogen and oxygen atoms in total. The molecule has 3 rings (SSSR count). The maximum Gasteiger partial charge on any atom is 0.244 e. The van der Waals surface area contributed by atoms with Gasteiger partial charge in [0.05, 0.1) is 23.6 Å². The number of hydrogen-bond acceptors (Lipinski definition) is 4. The molecule has 24 heavy (non-hydrogen) atoms. The minimum atomic E-state index is -4.00. The van der Waals surface area contributed by atoms with Crippen LogP contribution in [0.5, 0.6) is 0 Å². The first kappa shape index (κ1) is 16.6. The molecule has 1 saturated heterocycles. The molecule has 7 heteroatoms. The van der Waals surface area contributed by atoms with Gasteiger partial charge in [0.1, 0.15) is 11.9 Å². The van der Waals surface area contributed by atoms with Crippen LogP contribution in [0.2, 0.25) is 0 Å². The summed E-state index contributed by atoms with van der Waals surface area (Å²) in [5, 5.41) is 19.1. The van der Waals surface area contributed by atoms with Crippen molar-refractivity contribution in [1.29, 1.82) is 5.26 Å². The molecule has 0 saturated carbocycles. The van der Waals surface area contributed by atoms with E-state index >= 15 is 0 Å². The molecular formula is C17H15FN2O3S. The SMILES string of the molecule is N#C[C@H]1[C@@H](c2ccccc2)[C@@H](CO)N1S(=O)(=O)c1ccc(F)cc1. The molecule has 2 aromatic rings. The molecule has 0 unspecified atom stereocenters. The minimum absolute atomic E-state index is 0.103. The molecule has 0 aliphatic carbocycles. The minimum Gasteiger partial charge on any atom is -0.395 e. The molecule has 1 N–H and O–H groups in total. The lowest BCUT2D eigenvalue weighted by Crippen LogP contribution is -2.64. The highest BCUT2D eigenvalue weighted by Crippen LogP contribution is 2.43. The smallest absolute Gasteiger partial charge is 0.244 e. The summed E-state index contributed by atoms with van der Waals surface area (Å²) in [5.74, 6) is -0.952. The number of hydrogen-bond donors (Lipinski definition) is 1. The van der Waals surface area contributed by atoms with E-state index in [2.05, 4.69) is 0 Å². The molecule has 124 valence electrons. The zero-order valence-electron chi connectivity index (χ0n) is 12.6. The first-order valence-electron chi connectivity index (χ1n) is 7.35. The summed E-state index contributed by atoms with van der Waals surface area (Å²) in [4.78, 5) is -0.103. The third-order valence-corrected chi connectivity index (χ3v) is 6.17. The van der Waals surface area contributed by atoms with Crippen molar-refractivity contribution < 1.29 is 17.9 Å². The van der Waals surface area contributed by atoms with Gasteiger partial charge < -0.3 is 5.11 Å². The molecule has 0 radical (unpaired) electrons. The summed E-state index contributed by atoms with van der Waals surface area (Å²) in [7, 11) is -4.00. The third kappa shape index (κ3) is 2.59. The Bertz CT molecular complexity index is 863. The molecule has 1 aliphatic rings. The third-order valence-electron chi connectivity index (χ3n) is 4.25. The number of nitrogens with zero attached hydrogens (tertiary/aromatic N) is 2. The quantitative estimate of drug-likeness (QED) is 0.916. The highest BCUT2D eigenvalue weighted by molar-refractivity contribution is 7.89. The van der Waals surface area contributed by atoms with Crippen LogP contribution in [0.15, 0.2) is 59.5 Å². The summed E-state index contributed by atoms with van der Waals surface area (Å²) < 4.78 is 39.6. The van der Waals surface area contributed by atoms with E-state index in [1.807, 2.05) is 12.1 Å². The van der Waals surface area contributed by atoms with Crippen molar-refractivity contribution in [2.45, 2.75) is 22.9 Å². The summed E-state index contributed by atoms with van der Waals surface area (Å²) in [6, 6.07) is 13.8. The predicted molar refractivity (Wildman–Crippen MR) is 84.9 cm³/mol. The van der Waals surface area contributed by atoms with Crippen molar-refractivity contribution in [3.8, 4) is 6.07 Å². The summed E-state index contributed by atoms with van der Waals surface area (Å²) in [6.45, 7) is -0.405. The zero-order valence-corrected chi connectivity index (χ0v) is 13.4. The van der Waals surface area contributed by atoms with Crippen molar-refractivity contribution in [3.63, 3.8) is 0 Å². The Hall–Kier alpha value is -2.27. The molecule has 1 aliphatic heterocycles. The fourth-order valence-electron chi connectivity index (χ4n) is 3.10. The van der Waals surface area contributed by atoms with Crippen LogP contribution in [0, 0.1) is 17.1 Å². The van der Waals surface area contributed by atoms with Gasteiger partial charge in [-0.1, -0.05) is 30.3 Å². The van der Waals surface area contributed by atoms with Crippen LogP contribution in [0.25, 0.3) is 0 Å². The average molecular weight is 346 g/mol. The summed E-state index contributed by atoms with van der Waals surface area (Å²) >= 11 is 0. The van der Waals surface area contributed by atoms with Crippen LogP contribution in [0.1, 0.15) is 11.5 Å². The fraction of sp³-hybridized carbons (Fsp3) is 0.235. The van der Waals surface area contributed by atoms with E-state index in [1.165, 1.54) is 0 Å². The van der Waals surface area contributed by atoms with Gasteiger partial charge >= 0.3 is 0 Å². The largest absolute Gasteiger partial charge is 0.395 e. The molecular weight excluding hydrogens is 331 g/mol. The number of aliphatic hydroxyl groups is 1. The van der Waals surface area contributed by atoms with Crippen LogP contribution < -0.4 is 0 Å². The Kier molecular flexibility index (Phi) is 4.37. The van der Waals surface area contributed by atoms with Gasteiger partial charge in [0.25, 0.3) is 0 Å². The van der Waals surface area contributed by atoms with Gasteiger partial charge in [-0.25, -0.2) is 12.8 Å². The van der Waals surface area contributed by atoms with E-state index in [0.29, 0.717) is 0 Å². The van der Waals surface area contributed by atoms with Crippen molar-refractivity contribution in [3.05, 3.63) is 66.0 Å². The highest BCUT2D eigenvalue weighted by Gasteiger charge is 2.55. The molecule has 1 heterocycles. The van der Waals surface area contributed by atoms with E-state index in [4.69, 9.17) is 0 Å². The standard InChI is InChI=1S/C17H15FN2O3S/c18-13-6-8-14(9-7-13)24(22,23)20-15(10-19)17(16(20)11-21)12-4-2-1-3-5-12/h1-9,15-17,21H,11H2/t15-,16+,17+/m0/s1. The fourth-order valence-corrected chi connectivity index (χ4v) is 4.85. The van der Waals surface area contributed by atoms with E-state index in [1.54, 1.807) is 24.3 Å². The van der Waals surface area contributed by atoms with E-state index in [-0.39, 0.29) is 4.90 Å². The molecule has 1 fully saturated rings. The van der Waals surface area contributed by atoms with Crippen LogP contribution in [0.4, 0.5) is 4.39 Å². The highest BCUT2D eigenvalue weighted by atomic mass is 32.2. The monoisotopic (exact) mass is 346 g/mol. The van der Waals surface area contributed by atoms with Crippen molar-refractivity contribution >= 4 is 10.0 Å². The van der Waals surface area contributed by atoms with Crippen LogP contribution in [-0.4, -0.2) is 36.5 Å². The Morgan fingerprint density at radius 1 is 1.12 bits per heavy atom. The molecule has 0 bridgehead atoms. The van der Waals surface area contributed by atoms with Crippen LogP contribution in [0.3, 0.4) is 0 Å². The number of benzene rings is 2. The van der Waals surface area contributed by atoms with Crippen LogP contribution >= 0.6 is 0 Å². The van der Waals surface area contributed by atoms with Crippen LogP contribution in [-0.2, 0) is 10.0 Å². The first-order chi connectivity index (χ1) is 11.5. The number of rotatable bonds is 4. The first-order valence-corrected chi connectivity index (χ1v) is 8.79. The van der Waals surface area contributed by atoms with Gasteiger partial charge in [-0.15, -0.1) is 0 Å². The molecule has 0 spiro atoms. The topological polar surface area (TPSA) is 81.4 Å². The second-order valence-electron chi connectivity index (χ2n) is 5.55. The lowest BCUT2D eigenvalue weighted by Gasteiger charge is -2.50. The molecule has 3 atom stereocenters. The van der Waals surface area contributed by atoms with Gasteiger partial charge in [0.2, 0.25) is 10.0 Å². The Balaban J connectivity index is 1.99. The van der Waals surface area contributed by atoms with Gasteiger partial charge in [-0.2, -0.15) is 9.57 Å². The summed E-state index contributed by atoms with van der Waals surface area (Å²) in [6.07, 6.45) is 0. The van der Waals surface area contributed by atoms with Crippen molar-refractivity contribution in [1.82, 2.24) is 4.31 Å². The number of halogens is 1. The lowest BCUT2D eigenvalue weighted by atomic mass is 9.78. The average Bonchev–Trinajstić information content (AvgIpc) is 2.56. The maximum atomic E-state index is 13.0. The predicted octanol–water partition coefficient (Wildman–Crippen LogP) is 1.87. The number of nitriles is 1. The summed E-state index contributed by atoms with van der Waals surface area (Å²) in [5.41, 5.74) is 0.800. The number of sulfonamides is 1.